The second-order valence-corrected chi connectivity index (χ2v) is 37.0. The molecule has 2 aromatic carbocycles. The molecular formula is C93H146N28O24S. The van der Waals surface area contributed by atoms with Gasteiger partial charge in [-0.3, -0.25) is 102 Å². The number of hydrogen-bond donors (Lipinski definition) is 30. The zero-order valence-electron chi connectivity index (χ0n) is 82.9. The van der Waals surface area contributed by atoms with Gasteiger partial charge < -0.3 is 154 Å². The molecule has 808 valence electrons. The zero-order chi connectivity index (χ0) is 108. The lowest BCUT2D eigenvalue weighted by molar-refractivity contribution is -0.144. The van der Waals surface area contributed by atoms with E-state index in [1.165, 1.54) is 29.2 Å². The first kappa shape index (κ1) is 122. The van der Waals surface area contributed by atoms with Crippen molar-refractivity contribution in [3.8, 4) is 0 Å². The third kappa shape index (κ3) is 43.8. The Hall–Kier alpha value is -14.2. The third-order valence-electron chi connectivity index (χ3n) is 23.7. The van der Waals surface area contributed by atoms with E-state index in [1.807, 2.05) is 0 Å². The molecule has 0 saturated carbocycles. The SMILES string of the molecule is CC(C)C[C@H](NC(=O)[C@H](CC(=O)O)NC(=O)[C@H](CCCCN)NC(=O)[C@@H](NC(=O)[C@H](CC(C)C)NC(=O)[C@H](CCCCN)NC(=O)[C@@H]1CCCN1C(=O)CNC(=O)[C@H](C)NC(=O)CNC(=O)[C@H](CS)NC(=O)[C@H](CCCNC(=N)N)NC(=O)[C@H](Cc1cnc[nH]1)NC(=O)[C@H](Cc1ccccc1)NC(=O)[C@@H]1CCCN1C(=O)[C@H](Cc1ccccc1)NC(=O)[C@@H](N)CCCNC(=N)N)[C@H](C)O)C(=O)N[C@@H](CCC(=O)O)C(=O)O. The van der Waals surface area contributed by atoms with Crippen molar-refractivity contribution in [1.29, 1.82) is 10.8 Å². The first-order valence-electron chi connectivity index (χ1n) is 48.7. The number of carbonyl (C=O) groups is 20. The minimum atomic E-state index is -1.95. The number of aliphatic hydroxyl groups excluding tert-OH is 1. The van der Waals surface area contributed by atoms with Gasteiger partial charge in [-0.15, -0.1) is 0 Å². The monoisotopic (exact) mass is 2070 g/mol. The van der Waals surface area contributed by atoms with Crippen LogP contribution in [0.5, 0.6) is 0 Å². The van der Waals surface area contributed by atoms with Crippen LogP contribution < -0.4 is 119 Å². The van der Waals surface area contributed by atoms with Crippen LogP contribution in [0.3, 0.4) is 0 Å². The Bertz CT molecular complexity index is 4890. The number of carboxylic acids is 3. The lowest BCUT2D eigenvalue weighted by Crippen LogP contribution is -2.62. The molecule has 17 atom stereocenters. The van der Waals surface area contributed by atoms with Crippen LogP contribution in [0.15, 0.2) is 73.2 Å². The number of guanidine groups is 2. The predicted octanol–water partition coefficient (Wildman–Crippen LogP) is -7.09. The topological polar surface area (TPSA) is 840 Å². The summed E-state index contributed by atoms with van der Waals surface area (Å²) in [6, 6.07) is -6.13. The van der Waals surface area contributed by atoms with Crippen LogP contribution in [0.1, 0.15) is 180 Å². The lowest BCUT2D eigenvalue weighted by atomic mass is 10.0. The number of carboxylic acid groups (broad SMARTS) is 3. The number of benzene rings is 2. The maximum absolute atomic E-state index is 14.9. The molecule has 2 saturated heterocycles. The minimum Gasteiger partial charge on any atom is -0.481 e. The Morgan fingerprint density at radius 1 is 0.445 bits per heavy atom. The number of nitrogens with zero attached hydrogens (tertiary/aromatic N) is 3. The molecule has 2 fully saturated rings. The molecule has 0 aliphatic carbocycles. The predicted molar refractivity (Wildman–Crippen MR) is 532 cm³/mol. The van der Waals surface area contributed by atoms with Gasteiger partial charge in [-0.2, -0.15) is 12.6 Å². The Kier molecular flexibility index (Phi) is 53.4. The molecule has 146 heavy (non-hydrogen) atoms. The molecule has 52 nitrogen and oxygen atoms in total. The highest BCUT2D eigenvalue weighted by Gasteiger charge is 2.44. The second-order valence-electron chi connectivity index (χ2n) is 36.7. The molecule has 17 amide bonds. The van der Waals surface area contributed by atoms with Gasteiger partial charge in [0.1, 0.15) is 90.6 Å². The van der Waals surface area contributed by atoms with Crippen LogP contribution in [-0.4, -0.2) is 331 Å². The van der Waals surface area contributed by atoms with Crippen molar-refractivity contribution >= 4 is 143 Å². The summed E-state index contributed by atoms with van der Waals surface area (Å²) in [4.78, 5) is 286. The standard InChI is InChI=1S/C93H146N28O24S/c1-50(2)39-62(82(135)111-61(91(144)145)31-32-73(125)126)113-85(138)66(44-74(127)128)115-80(133)59(27-14-16-34-95)110-89(142)75(53(6)122)119-86(139)63(40-51(3)4)112-79(132)58(26-13-15-33-94)109-87(140)69-29-19-37-120(69)72(124)47-105-76(129)52(5)107-71(123)46-104-78(131)68(48-146)118-81(134)60(28-18-36-103-93(99)100)108-84(137)65(43-56-45-101-49-106-56)114-83(136)64(41-54-21-9-7-10-22-54)116-88(141)70-30-20-38-121(70)90(143)67(42-55-23-11-8-12-24-55)117-77(130)57(96)25-17-35-102-92(97)98/h7-12,21-24,45,49-53,57-70,75,122,146H,13-20,25-44,46-48,94-96H2,1-6H3,(H,101,106)(H,104,131)(H,105,129)(H,107,123)(H,108,137)(H,109,140)(H,110,142)(H,111,135)(H,112,132)(H,113,138)(H,114,136)(H,115,133)(H,116,141)(H,117,130)(H,118,134)(H,119,139)(H,125,126)(H,127,128)(H,144,145)(H4,97,98,102)(H4,99,100,103)/t52-,53-,57-,58-,59-,60-,61-,62-,63-,64-,65-,66-,67-,68-,69-,70-,75-/m0/s1. The first-order valence-corrected chi connectivity index (χ1v) is 49.3. The van der Waals surface area contributed by atoms with Gasteiger partial charge in [0.25, 0.3) is 0 Å². The molecule has 0 unspecified atom stereocenters. The number of aliphatic carboxylic acids is 3. The van der Waals surface area contributed by atoms with Crippen molar-refractivity contribution in [3.63, 3.8) is 0 Å². The lowest BCUT2D eigenvalue weighted by Gasteiger charge is -2.31. The number of imidazole rings is 1. The smallest absolute Gasteiger partial charge is 0.326 e. The van der Waals surface area contributed by atoms with Gasteiger partial charge in [0.2, 0.25) is 100 Å². The summed E-state index contributed by atoms with van der Waals surface area (Å²) in [6.07, 6.45) is 0.140. The van der Waals surface area contributed by atoms with Crippen molar-refractivity contribution in [2.75, 3.05) is 58.1 Å². The number of amides is 17. The number of likely N-dealkylation sites (tertiary alicyclic amines) is 2. The number of H-pyrrole nitrogens is 1. The number of rotatable bonds is 66. The van der Waals surface area contributed by atoms with Gasteiger partial charge >= 0.3 is 17.9 Å². The fourth-order valence-corrected chi connectivity index (χ4v) is 16.2. The molecule has 3 heterocycles. The minimum absolute atomic E-state index is 0.00971. The molecule has 0 bridgehead atoms. The van der Waals surface area contributed by atoms with Crippen LogP contribution in [0.2, 0.25) is 0 Å². The summed E-state index contributed by atoms with van der Waals surface area (Å²) in [5.41, 5.74) is 30.4. The average Bonchev–Trinajstić information content (AvgIpc) is 1.77. The summed E-state index contributed by atoms with van der Waals surface area (Å²) in [6.45, 7) is 8.22. The van der Waals surface area contributed by atoms with E-state index in [2.05, 4.69) is 113 Å². The van der Waals surface area contributed by atoms with Crippen molar-refractivity contribution in [1.82, 2.24) is 110 Å². The fraction of sp³-hybridized carbons (Fsp3) is 0.602. The number of aromatic nitrogens is 2. The number of carbonyl (C=O) groups excluding carboxylic acids is 17. The van der Waals surface area contributed by atoms with Crippen molar-refractivity contribution in [3.05, 3.63) is 90.0 Å². The third-order valence-corrected chi connectivity index (χ3v) is 24.1. The van der Waals surface area contributed by atoms with E-state index in [4.69, 9.17) is 44.6 Å². The van der Waals surface area contributed by atoms with E-state index in [1.54, 1.807) is 88.4 Å². The van der Waals surface area contributed by atoms with Crippen LogP contribution in [0, 0.1) is 22.7 Å². The van der Waals surface area contributed by atoms with E-state index in [0.29, 0.717) is 36.1 Å². The summed E-state index contributed by atoms with van der Waals surface area (Å²) in [5.74, 6) is -22.0. The highest BCUT2D eigenvalue weighted by Crippen LogP contribution is 2.24. The van der Waals surface area contributed by atoms with Gasteiger partial charge in [-0.05, 0) is 159 Å². The zero-order valence-corrected chi connectivity index (χ0v) is 83.8. The number of hydrogen-bond acceptors (Lipinski definition) is 28. The molecule has 0 radical (unpaired) electrons. The molecular weight excluding hydrogens is 1930 g/mol. The molecule has 2 aliphatic rings. The number of thiol groups is 1. The average molecular weight is 2070 g/mol. The van der Waals surface area contributed by atoms with E-state index < -0.39 is 265 Å². The van der Waals surface area contributed by atoms with Crippen LogP contribution in [0.25, 0.3) is 0 Å². The molecule has 0 spiro atoms. The maximum atomic E-state index is 14.9. The van der Waals surface area contributed by atoms with E-state index in [0.717, 1.165) is 6.92 Å². The summed E-state index contributed by atoms with van der Waals surface area (Å²) in [5, 5.41) is 97.8. The summed E-state index contributed by atoms with van der Waals surface area (Å²) < 4.78 is 0. The summed E-state index contributed by atoms with van der Waals surface area (Å²) >= 11 is 4.29. The van der Waals surface area contributed by atoms with Gasteiger partial charge in [0, 0.05) is 69.5 Å². The van der Waals surface area contributed by atoms with Gasteiger partial charge in [-0.25, -0.2) is 9.78 Å². The Morgan fingerprint density at radius 3 is 1.36 bits per heavy atom. The Balaban J connectivity index is 1.23. The van der Waals surface area contributed by atoms with Crippen molar-refractivity contribution in [2.45, 2.75) is 286 Å². The van der Waals surface area contributed by atoms with Gasteiger partial charge in [0.15, 0.2) is 11.9 Å². The highest BCUT2D eigenvalue weighted by molar-refractivity contribution is 7.80. The van der Waals surface area contributed by atoms with Crippen LogP contribution >= 0.6 is 12.6 Å². The Labute approximate surface area is 850 Å². The largest absolute Gasteiger partial charge is 0.481 e. The Morgan fingerprint density at radius 2 is 0.870 bits per heavy atom. The van der Waals surface area contributed by atoms with Gasteiger partial charge in [-0.1, -0.05) is 88.4 Å². The van der Waals surface area contributed by atoms with Crippen molar-refractivity contribution < 1.29 is 116 Å². The van der Waals surface area contributed by atoms with E-state index in [-0.39, 0.29) is 160 Å². The molecule has 34 N–H and O–H groups in total. The normalized spacial score (nSPS) is 16.3. The second kappa shape index (κ2) is 63.8. The number of unbranched alkanes of at least 4 members (excludes halogenated alkanes) is 2. The molecule has 2 aliphatic heterocycles. The van der Waals surface area contributed by atoms with E-state index in [9.17, 15) is 111 Å². The van der Waals surface area contributed by atoms with Crippen molar-refractivity contribution in [2.24, 2.45) is 40.5 Å². The van der Waals surface area contributed by atoms with E-state index >= 15 is 0 Å². The van der Waals surface area contributed by atoms with Crippen LogP contribution in [-0.2, 0) is 115 Å². The number of nitrogens with one attached hydrogen (secondary N) is 20. The molecule has 1 aromatic heterocycles. The summed E-state index contributed by atoms with van der Waals surface area (Å²) in [7, 11) is 0. The number of aliphatic hydroxyl groups is 1. The maximum Gasteiger partial charge on any atom is 0.326 e. The quantitative estimate of drug-likeness (QED) is 0.0108. The first-order chi connectivity index (χ1) is 69.2. The number of nitrogens with two attached hydrogens (primary N) is 5. The molecule has 53 heteroatoms. The van der Waals surface area contributed by atoms with Gasteiger partial charge in [0.05, 0.1) is 38.0 Å². The molecule has 5 rings (SSSR count). The molecule has 3 aromatic rings. The highest BCUT2D eigenvalue weighted by atomic mass is 32.1. The number of aromatic amines is 1. The fourth-order valence-electron chi connectivity index (χ4n) is 16.0. The van der Waals surface area contributed by atoms with Crippen LogP contribution in [0.4, 0.5) is 0 Å².